The van der Waals surface area contributed by atoms with E-state index in [1.807, 2.05) is 109 Å². The molecule has 0 radical (unpaired) electrons. The molecular formula is C46H44O4. The molecular weight excluding hydrogens is 617 g/mol. The second kappa shape index (κ2) is 15.4. The molecule has 2 aliphatic carbocycles. The van der Waals surface area contributed by atoms with Crippen molar-refractivity contribution < 1.29 is 19.7 Å². The van der Waals surface area contributed by atoms with Gasteiger partial charge in [-0.2, -0.15) is 0 Å². The Morgan fingerprint density at radius 3 is 0.700 bits per heavy atom. The van der Waals surface area contributed by atoms with E-state index in [1.165, 1.54) is 0 Å². The molecule has 252 valence electrons. The molecule has 0 spiro atoms. The molecule has 4 atom stereocenters. The van der Waals surface area contributed by atoms with Gasteiger partial charge in [0.25, 0.3) is 0 Å². The second-order valence-electron chi connectivity index (χ2n) is 13.3. The van der Waals surface area contributed by atoms with Crippen molar-refractivity contribution in [1.29, 1.82) is 0 Å². The molecule has 6 aromatic rings. The van der Waals surface area contributed by atoms with Gasteiger partial charge in [-0.05, 0) is 46.2 Å². The molecule has 0 aromatic heterocycles. The third-order valence-electron chi connectivity index (χ3n) is 9.88. The number of ether oxygens (including phenoxy) is 2. The topological polar surface area (TPSA) is 58.9 Å². The molecule has 0 amide bonds. The SMILES string of the molecule is O[C@H]1C[C@@H]1COC(c1ccccc1)(c1ccccc1)c1ccccc1.O[C@H]1C[C@@H]1COC(c1ccccc1)(c1ccccc1)c1ccccc1. The van der Waals surface area contributed by atoms with Crippen LogP contribution in [0.15, 0.2) is 182 Å². The van der Waals surface area contributed by atoms with E-state index in [0.29, 0.717) is 13.2 Å². The highest BCUT2D eigenvalue weighted by molar-refractivity contribution is 5.49. The molecule has 0 aliphatic heterocycles. The third kappa shape index (κ3) is 7.21. The van der Waals surface area contributed by atoms with Crippen molar-refractivity contribution in [3.05, 3.63) is 215 Å². The lowest BCUT2D eigenvalue weighted by atomic mass is 9.80. The Kier molecular flexibility index (Phi) is 10.3. The van der Waals surface area contributed by atoms with Gasteiger partial charge in [0.05, 0.1) is 25.4 Å². The van der Waals surface area contributed by atoms with Crippen LogP contribution in [0.3, 0.4) is 0 Å². The molecule has 2 fully saturated rings. The first-order valence-electron chi connectivity index (χ1n) is 17.6. The molecule has 2 N–H and O–H groups in total. The standard InChI is InChI=1S/2C23H22O2/c2*24-22-16-18(22)17-25-23(19-10-4-1-5-11-19,20-12-6-2-7-13-20)21-14-8-3-9-15-21/h2*1-15,18,22,24H,16-17H2/t2*18-,22+/m11/s1. The van der Waals surface area contributed by atoms with Gasteiger partial charge >= 0.3 is 0 Å². The van der Waals surface area contributed by atoms with Gasteiger partial charge < -0.3 is 19.7 Å². The predicted molar refractivity (Wildman–Crippen MR) is 199 cm³/mol. The average molecular weight is 661 g/mol. The van der Waals surface area contributed by atoms with Crippen LogP contribution in [0.2, 0.25) is 0 Å². The van der Waals surface area contributed by atoms with Gasteiger partial charge in [-0.1, -0.05) is 182 Å². The van der Waals surface area contributed by atoms with Gasteiger partial charge in [-0.3, -0.25) is 0 Å². The second-order valence-corrected chi connectivity index (χ2v) is 13.3. The lowest BCUT2D eigenvalue weighted by Gasteiger charge is -2.36. The summed E-state index contributed by atoms with van der Waals surface area (Å²) in [4.78, 5) is 0. The van der Waals surface area contributed by atoms with Crippen LogP contribution < -0.4 is 0 Å². The maximum Gasteiger partial charge on any atom is 0.143 e. The zero-order valence-electron chi connectivity index (χ0n) is 28.2. The number of hydrogen-bond acceptors (Lipinski definition) is 4. The first-order chi connectivity index (χ1) is 24.6. The molecule has 0 heterocycles. The van der Waals surface area contributed by atoms with Gasteiger partial charge in [-0.25, -0.2) is 0 Å². The summed E-state index contributed by atoms with van der Waals surface area (Å²) in [5.41, 5.74) is 5.25. The van der Waals surface area contributed by atoms with Crippen molar-refractivity contribution in [2.75, 3.05) is 13.2 Å². The van der Waals surface area contributed by atoms with Crippen molar-refractivity contribution in [1.82, 2.24) is 0 Å². The van der Waals surface area contributed by atoms with Crippen LogP contribution in [-0.4, -0.2) is 35.6 Å². The molecule has 4 heteroatoms. The van der Waals surface area contributed by atoms with E-state index in [0.717, 1.165) is 46.2 Å². The van der Waals surface area contributed by atoms with Gasteiger partial charge in [0.1, 0.15) is 11.2 Å². The highest BCUT2D eigenvalue weighted by Crippen LogP contribution is 2.44. The van der Waals surface area contributed by atoms with Crippen LogP contribution in [0, 0.1) is 11.8 Å². The van der Waals surface area contributed by atoms with Gasteiger partial charge in [0.2, 0.25) is 0 Å². The van der Waals surface area contributed by atoms with Gasteiger partial charge in [0, 0.05) is 11.8 Å². The van der Waals surface area contributed by atoms with Crippen molar-refractivity contribution in [2.24, 2.45) is 11.8 Å². The summed E-state index contributed by atoms with van der Waals surface area (Å²) in [7, 11) is 0. The Morgan fingerprint density at radius 2 is 0.540 bits per heavy atom. The summed E-state index contributed by atoms with van der Waals surface area (Å²) in [5, 5.41) is 19.5. The molecule has 2 aliphatic rings. The summed E-state index contributed by atoms with van der Waals surface area (Å²) in [5.74, 6) is 0.464. The summed E-state index contributed by atoms with van der Waals surface area (Å²) >= 11 is 0. The molecule has 0 bridgehead atoms. The molecule has 0 unspecified atom stereocenters. The van der Waals surface area contributed by atoms with Crippen LogP contribution in [0.25, 0.3) is 0 Å². The summed E-state index contributed by atoms with van der Waals surface area (Å²) in [6.45, 7) is 1.08. The Balaban J connectivity index is 0.000000157. The molecule has 2 saturated carbocycles. The highest BCUT2D eigenvalue weighted by Gasteiger charge is 2.43. The van der Waals surface area contributed by atoms with E-state index < -0.39 is 11.2 Å². The zero-order chi connectivity index (χ0) is 34.2. The summed E-state index contributed by atoms with van der Waals surface area (Å²) < 4.78 is 13.2. The van der Waals surface area contributed by atoms with E-state index in [2.05, 4.69) is 72.8 Å². The Morgan fingerprint density at radius 1 is 0.360 bits per heavy atom. The highest BCUT2D eigenvalue weighted by atomic mass is 16.5. The quantitative estimate of drug-likeness (QED) is 0.129. The van der Waals surface area contributed by atoms with Crippen molar-refractivity contribution in [3.8, 4) is 0 Å². The van der Waals surface area contributed by atoms with Gasteiger partial charge in [-0.15, -0.1) is 0 Å². The van der Waals surface area contributed by atoms with Gasteiger partial charge in [0.15, 0.2) is 0 Å². The van der Waals surface area contributed by atoms with Crippen LogP contribution in [0.4, 0.5) is 0 Å². The monoisotopic (exact) mass is 660 g/mol. The first-order valence-corrected chi connectivity index (χ1v) is 17.6. The van der Waals surface area contributed by atoms with Crippen LogP contribution in [0.5, 0.6) is 0 Å². The fourth-order valence-corrected chi connectivity index (χ4v) is 6.82. The number of benzene rings is 6. The van der Waals surface area contributed by atoms with E-state index in [4.69, 9.17) is 9.47 Å². The first kappa shape index (κ1) is 33.6. The van der Waals surface area contributed by atoms with Crippen molar-refractivity contribution >= 4 is 0 Å². The number of aliphatic hydroxyl groups is 2. The van der Waals surface area contributed by atoms with Crippen molar-refractivity contribution in [2.45, 2.75) is 36.3 Å². The lowest BCUT2D eigenvalue weighted by molar-refractivity contribution is 0.000791. The van der Waals surface area contributed by atoms with E-state index in [9.17, 15) is 10.2 Å². The predicted octanol–water partition coefficient (Wildman–Crippen LogP) is 8.75. The van der Waals surface area contributed by atoms with E-state index in [1.54, 1.807) is 0 Å². The molecule has 8 rings (SSSR count). The van der Waals surface area contributed by atoms with Crippen LogP contribution >= 0.6 is 0 Å². The maximum absolute atomic E-state index is 9.75. The average Bonchev–Trinajstić information content (AvgIpc) is 4.11. The smallest absolute Gasteiger partial charge is 0.143 e. The number of hydrogen-bond donors (Lipinski definition) is 2. The minimum absolute atomic E-state index is 0.222. The maximum atomic E-state index is 9.75. The molecule has 0 saturated heterocycles. The fraction of sp³-hybridized carbons (Fsp3) is 0.217. The lowest BCUT2D eigenvalue weighted by Crippen LogP contribution is -2.33. The number of aliphatic hydroxyl groups excluding tert-OH is 2. The Hall–Kier alpha value is -4.84. The van der Waals surface area contributed by atoms with Crippen LogP contribution in [0.1, 0.15) is 46.2 Å². The minimum atomic E-state index is -0.675. The largest absolute Gasteiger partial charge is 0.393 e. The Bertz CT molecular complexity index is 1550. The third-order valence-corrected chi connectivity index (χ3v) is 9.88. The zero-order valence-corrected chi connectivity index (χ0v) is 28.2. The van der Waals surface area contributed by atoms with E-state index >= 15 is 0 Å². The summed E-state index contributed by atoms with van der Waals surface area (Å²) in [6.07, 6.45) is 1.21. The molecule has 6 aromatic carbocycles. The Labute approximate surface area is 295 Å². The molecule has 50 heavy (non-hydrogen) atoms. The van der Waals surface area contributed by atoms with Crippen LogP contribution in [-0.2, 0) is 20.7 Å². The molecule has 4 nitrogen and oxygen atoms in total. The normalized spacial score (nSPS) is 19.6. The van der Waals surface area contributed by atoms with E-state index in [-0.39, 0.29) is 24.0 Å². The number of rotatable bonds is 12. The fourth-order valence-electron chi connectivity index (χ4n) is 6.82. The summed E-state index contributed by atoms with van der Waals surface area (Å²) in [6, 6.07) is 62.1. The minimum Gasteiger partial charge on any atom is -0.393 e. The van der Waals surface area contributed by atoms with Crippen molar-refractivity contribution in [3.63, 3.8) is 0 Å².